The quantitative estimate of drug-likeness (QED) is 0.263. The molecular formula is C29H26ClNO4S. The largest absolute Gasteiger partial charge is 0.299 e. The molecule has 5 rings (SSSR count). The number of benzene rings is 3. The van der Waals surface area contributed by atoms with Gasteiger partial charge in [0.2, 0.25) is 0 Å². The highest BCUT2D eigenvalue weighted by Gasteiger charge is 2.43. The molecule has 0 saturated heterocycles. The van der Waals surface area contributed by atoms with Crippen LogP contribution < -0.4 is 0 Å². The maximum absolute atomic E-state index is 12.8. The predicted octanol–water partition coefficient (Wildman–Crippen LogP) is 6.10. The Balaban J connectivity index is 0.00000304. The third-order valence-electron chi connectivity index (χ3n) is 6.44. The van der Waals surface area contributed by atoms with Gasteiger partial charge < -0.3 is 0 Å². The van der Waals surface area contributed by atoms with E-state index in [0.29, 0.717) is 17.0 Å². The molecule has 0 radical (unpaired) electrons. The summed E-state index contributed by atoms with van der Waals surface area (Å²) in [4.78, 5) is 29.6. The summed E-state index contributed by atoms with van der Waals surface area (Å²) in [5, 5.41) is 2.54. The van der Waals surface area contributed by atoms with Gasteiger partial charge >= 0.3 is 0 Å². The monoisotopic (exact) mass is 519 g/mol. The summed E-state index contributed by atoms with van der Waals surface area (Å²) in [5.41, 5.74) is 2.31. The third kappa shape index (κ3) is 5.55. The first kappa shape index (κ1) is 25.7. The van der Waals surface area contributed by atoms with Crippen LogP contribution in [0.25, 0.3) is 10.8 Å². The lowest BCUT2D eigenvalue weighted by atomic mass is 10.00. The maximum atomic E-state index is 12.8. The molecule has 3 aromatic carbocycles. The van der Waals surface area contributed by atoms with Gasteiger partial charge in [0.25, 0.3) is 0 Å². The topological polar surface area (TPSA) is 81.2 Å². The van der Waals surface area contributed by atoms with Crippen LogP contribution in [0.2, 0.25) is 5.02 Å². The number of carbonyl (C=O) groups is 2. The molecule has 1 fully saturated rings. The number of sulfone groups is 1. The summed E-state index contributed by atoms with van der Waals surface area (Å²) >= 11 is 5.82. The van der Waals surface area contributed by atoms with Crippen LogP contribution in [0.1, 0.15) is 41.3 Å². The number of pyridine rings is 1. The van der Waals surface area contributed by atoms with Crippen molar-refractivity contribution in [1.82, 2.24) is 4.98 Å². The fourth-order valence-corrected chi connectivity index (χ4v) is 5.75. The molecule has 1 heterocycles. The minimum Gasteiger partial charge on any atom is -0.299 e. The van der Waals surface area contributed by atoms with E-state index >= 15 is 0 Å². The fourth-order valence-electron chi connectivity index (χ4n) is 4.39. The Kier molecular flexibility index (Phi) is 7.38. The molecule has 0 spiro atoms. The van der Waals surface area contributed by atoms with E-state index in [0.717, 1.165) is 28.3 Å². The Morgan fingerprint density at radius 3 is 2.36 bits per heavy atom. The zero-order valence-corrected chi connectivity index (χ0v) is 20.3. The number of nitrogens with zero attached hydrogens (tertiary/aromatic N) is 1. The normalized spacial score (nSPS) is 16.8. The van der Waals surface area contributed by atoms with Crippen LogP contribution in [0.4, 0.5) is 0 Å². The van der Waals surface area contributed by atoms with Crippen molar-refractivity contribution >= 4 is 43.8 Å². The van der Waals surface area contributed by atoms with Crippen molar-refractivity contribution < 1.29 is 18.0 Å². The van der Waals surface area contributed by atoms with Crippen molar-refractivity contribution in [2.45, 2.75) is 31.1 Å². The number of hydrogen-bond acceptors (Lipinski definition) is 5. The summed E-state index contributed by atoms with van der Waals surface area (Å²) in [5.74, 6) is -0.775. The van der Waals surface area contributed by atoms with Crippen molar-refractivity contribution in [3.05, 3.63) is 107 Å². The van der Waals surface area contributed by atoms with Gasteiger partial charge in [-0.05, 0) is 59.2 Å². The molecule has 7 heteroatoms. The second-order valence-corrected chi connectivity index (χ2v) is 11.3. The van der Waals surface area contributed by atoms with Gasteiger partial charge in [-0.2, -0.15) is 0 Å². The fraction of sp³-hybridized carbons (Fsp3) is 0.207. The molecular weight excluding hydrogens is 494 g/mol. The van der Waals surface area contributed by atoms with E-state index in [4.69, 9.17) is 11.6 Å². The van der Waals surface area contributed by atoms with Gasteiger partial charge in [0.05, 0.1) is 4.90 Å². The zero-order chi connectivity index (χ0) is 24.6. The second kappa shape index (κ2) is 10.3. The first-order chi connectivity index (χ1) is 16.8. The Labute approximate surface area is 216 Å². The van der Waals surface area contributed by atoms with Crippen LogP contribution in [0, 0.1) is 5.92 Å². The minimum atomic E-state index is -3.76. The van der Waals surface area contributed by atoms with E-state index in [9.17, 15) is 18.0 Å². The van der Waals surface area contributed by atoms with Gasteiger partial charge in [-0.25, -0.2) is 8.42 Å². The number of rotatable bonds is 8. The van der Waals surface area contributed by atoms with Crippen molar-refractivity contribution in [3.63, 3.8) is 0 Å². The standard InChI is InChI=1S/C28H22ClNO4S.CH4/c29-23-7-9-24(10-8-23)35(33,34)17-28(32)20-5-3-19(4-6-20)25-15-26(25)27(31)14-18-1-2-22-16-30-12-11-21(22)13-18;/h1-13,16,25-26H,14-15,17H2;1H4/t25-,26+;/m0./s1. The van der Waals surface area contributed by atoms with E-state index < -0.39 is 21.4 Å². The highest BCUT2D eigenvalue weighted by Crippen LogP contribution is 2.48. The first-order valence-electron chi connectivity index (χ1n) is 11.3. The predicted molar refractivity (Wildman–Crippen MR) is 142 cm³/mol. The molecule has 1 saturated carbocycles. The number of aromatic nitrogens is 1. The van der Waals surface area contributed by atoms with Gasteiger partial charge in [-0.15, -0.1) is 0 Å². The molecule has 5 nitrogen and oxygen atoms in total. The third-order valence-corrected chi connectivity index (χ3v) is 8.33. The van der Waals surface area contributed by atoms with Crippen LogP contribution >= 0.6 is 11.6 Å². The molecule has 1 aliphatic carbocycles. The van der Waals surface area contributed by atoms with Crippen LogP contribution in [0.3, 0.4) is 0 Å². The Hall–Kier alpha value is -3.35. The van der Waals surface area contributed by atoms with E-state index in [-0.39, 0.29) is 29.9 Å². The Morgan fingerprint density at radius 1 is 0.917 bits per heavy atom. The number of fused-ring (bicyclic) bond motifs is 1. The van der Waals surface area contributed by atoms with Crippen molar-refractivity contribution in [2.75, 3.05) is 5.75 Å². The maximum Gasteiger partial charge on any atom is 0.185 e. The molecule has 184 valence electrons. The van der Waals surface area contributed by atoms with Gasteiger partial charge in [0.1, 0.15) is 11.5 Å². The van der Waals surface area contributed by atoms with Gasteiger partial charge in [0.15, 0.2) is 15.6 Å². The summed E-state index contributed by atoms with van der Waals surface area (Å²) in [6, 6.07) is 20.6. The molecule has 36 heavy (non-hydrogen) atoms. The summed E-state index contributed by atoms with van der Waals surface area (Å²) in [6.45, 7) is 0. The molecule has 0 aliphatic heterocycles. The van der Waals surface area contributed by atoms with Crippen LogP contribution in [-0.4, -0.2) is 30.7 Å². The zero-order valence-electron chi connectivity index (χ0n) is 18.7. The molecule has 1 aliphatic rings. The molecule has 2 atom stereocenters. The lowest BCUT2D eigenvalue weighted by Crippen LogP contribution is -2.16. The Bertz CT molecular complexity index is 1530. The Morgan fingerprint density at radius 2 is 1.64 bits per heavy atom. The van der Waals surface area contributed by atoms with Crippen molar-refractivity contribution in [3.8, 4) is 0 Å². The van der Waals surface area contributed by atoms with E-state index in [1.54, 1.807) is 24.5 Å². The number of Topliss-reactive ketones (excluding diaryl/α,β-unsaturated/α-hetero) is 2. The van der Waals surface area contributed by atoms with Crippen LogP contribution in [0.15, 0.2) is 90.1 Å². The lowest BCUT2D eigenvalue weighted by Gasteiger charge is -2.06. The first-order valence-corrected chi connectivity index (χ1v) is 13.3. The van der Waals surface area contributed by atoms with E-state index in [1.165, 1.54) is 24.3 Å². The van der Waals surface area contributed by atoms with Crippen LogP contribution in [0.5, 0.6) is 0 Å². The number of ketones is 2. The smallest absolute Gasteiger partial charge is 0.185 e. The number of halogens is 1. The average Bonchev–Trinajstić information content (AvgIpc) is 3.65. The van der Waals surface area contributed by atoms with Gasteiger partial charge in [0, 0.05) is 40.7 Å². The minimum absolute atomic E-state index is 0. The van der Waals surface area contributed by atoms with Crippen molar-refractivity contribution in [1.29, 1.82) is 0 Å². The molecule has 4 aromatic rings. The molecule has 0 unspecified atom stereocenters. The van der Waals surface area contributed by atoms with E-state index in [1.807, 2.05) is 36.4 Å². The SMILES string of the molecule is C.O=C(CS(=O)(=O)c1ccc(Cl)cc1)c1ccc([C@@H]2C[C@H]2C(=O)Cc2ccc3cnccc3c2)cc1. The summed E-state index contributed by atoms with van der Waals surface area (Å²) in [6.07, 6.45) is 4.72. The molecule has 0 amide bonds. The second-order valence-electron chi connectivity index (χ2n) is 8.91. The molecule has 1 aromatic heterocycles. The van der Waals surface area contributed by atoms with Crippen molar-refractivity contribution in [2.24, 2.45) is 5.92 Å². The highest BCUT2D eigenvalue weighted by molar-refractivity contribution is 7.92. The van der Waals surface area contributed by atoms with Crippen LogP contribution in [-0.2, 0) is 21.1 Å². The van der Waals surface area contributed by atoms with E-state index in [2.05, 4.69) is 4.98 Å². The summed E-state index contributed by atoms with van der Waals surface area (Å²) in [7, 11) is -3.76. The molecule has 0 N–H and O–H groups in total. The van der Waals surface area contributed by atoms with Gasteiger partial charge in [-0.3, -0.25) is 14.6 Å². The number of hydrogen-bond donors (Lipinski definition) is 0. The highest BCUT2D eigenvalue weighted by atomic mass is 35.5. The summed E-state index contributed by atoms with van der Waals surface area (Å²) < 4.78 is 25.1. The van der Waals surface area contributed by atoms with Gasteiger partial charge in [-0.1, -0.05) is 61.5 Å². The lowest BCUT2D eigenvalue weighted by molar-refractivity contribution is -0.119. The average molecular weight is 520 g/mol. The number of carbonyl (C=O) groups excluding carboxylic acids is 2. The molecule has 0 bridgehead atoms.